The number of nitrogens with one attached hydrogen (secondary N) is 1. The summed E-state index contributed by atoms with van der Waals surface area (Å²) in [5.41, 5.74) is 2.86. The number of thioether (sulfide) groups is 1. The van der Waals surface area contributed by atoms with E-state index in [1.54, 1.807) is 6.08 Å². The first-order chi connectivity index (χ1) is 16.1. The Hall–Kier alpha value is -3.84. The quantitative estimate of drug-likeness (QED) is 0.248. The van der Waals surface area contributed by atoms with Crippen molar-refractivity contribution in [2.45, 2.75) is 18.6 Å². The summed E-state index contributed by atoms with van der Waals surface area (Å²) >= 11 is 1.34. The molecule has 3 aromatic carbocycles. The number of aryl methyl sites for hydroxylation is 1. The predicted octanol–water partition coefficient (Wildman–Crippen LogP) is 5.96. The highest BCUT2D eigenvalue weighted by Crippen LogP contribution is 2.25. The first-order valence-electron chi connectivity index (χ1n) is 10.5. The van der Waals surface area contributed by atoms with Gasteiger partial charge in [-0.1, -0.05) is 65.9 Å². The van der Waals surface area contributed by atoms with Gasteiger partial charge in [-0.25, -0.2) is 0 Å². The van der Waals surface area contributed by atoms with Crippen molar-refractivity contribution in [3.8, 4) is 22.9 Å². The maximum atomic E-state index is 12.5. The van der Waals surface area contributed by atoms with Crippen LogP contribution in [0.3, 0.4) is 0 Å². The van der Waals surface area contributed by atoms with Gasteiger partial charge in [-0.15, -0.1) is 16.8 Å². The van der Waals surface area contributed by atoms with E-state index in [-0.39, 0.29) is 11.7 Å². The number of rotatable bonds is 9. The molecule has 0 spiro atoms. The van der Waals surface area contributed by atoms with Crippen molar-refractivity contribution in [1.82, 2.24) is 14.8 Å². The Labute approximate surface area is 197 Å². The van der Waals surface area contributed by atoms with E-state index in [4.69, 9.17) is 4.74 Å². The van der Waals surface area contributed by atoms with Crippen LogP contribution in [0.1, 0.15) is 5.56 Å². The van der Waals surface area contributed by atoms with Crippen LogP contribution >= 0.6 is 11.8 Å². The van der Waals surface area contributed by atoms with Crippen molar-refractivity contribution < 1.29 is 9.53 Å². The number of aromatic nitrogens is 3. The van der Waals surface area contributed by atoms with Gasteiger partial charge >= 0.3 is 0 Å². The Bertz CT molecular complexity index is 1220. The lowest BCUT2D eigenvalue weighted by Gasteiger charge is -2.09. The van der Waals surface area contributed by atoms with Crippen LogP contribution in [-0.4, -0.2) is 26.4 Å². The molecule has 0 fully saturated rings. The largest absolute Gasteiger partial charge is 0.457 e. The summed E-state index contributed by atoms with van der Waals surface area (Å²) in [6, 6.07) is 25.0. The van der Waals surface area contributed by atoms with Crippen LogP contribution < -0.4 is 10.1 Å². The van der Waals surface area contributed by atoms with E-state index in [2.05, 4.69) is 22.1 Å². The molecule has 4 aromatic rings. The molecular formula is C26H24N4O2S. The summed E-state index contributed by atoms with van der Waals surface area (Å²) < 4.78 is 7.75. The molecule has 0 atom stereocenters. The molecule has 1 amide bonds. The van der Waals surface area contributed by atoms with Crippen molar-refractivity contribution in [1.29, 1.82) is 0 Å². The minimum Gasteiger partial charge on any atom is -0.457 e. The van der Waals surface area contributed by atoms with Gasteiger partial charge in [0.1, 0.15) is 11.5 Å². The lowest BCUT2D eigenvalue weighted by atomic mass is 10.1. The minimum absolute atomic E-state index is 0.123. The molecule has 0 aliphatic heterocycles. The molecule has 4 rings (SSSR count). The number of benzene rings is 3. The number of hydrogen-bond donors (Lipinski definition) is 1. The standard InChI is InChI=1S/C26H24N4O2S/c1-3-17-30-25(20-11-9-19(2)10-12-20)28-29-26(30)33-18-24(31)27-21-13-15-23(16-14-21)32-22-7-5-4-6-8-22/h3-16H,1,17-18H2,2H3,(H,27,31). The van der Waals surface area contributed by atoms with Gasteiger partial charge in [0, 0.05) is 17.8 Å². The Balaban J connectivity index is 1.36. The van der Waals surface area contributed by atoms with E-state index >= 15 is 0 Å². The third-order valence-corrected chi connectivity index (χ3v) is 5.75. The van der Waals surface area contributed by atoms with Gasteiger partial charge in [0.05, 0.1) is 5.75 Å². The fourth-order valence-electron chi connectivity index (χ4n) is 3.16. The second-order valence-corrected chi connectivity index (χ2v) is 8.29. The number of para-hydroxylation sites is 1. The summed E-state index contributed by atoms with van der Waals surface area (Å²) in [4.78, 5) is 12.5. The van der Waals surface area contributed by atoms with E-state index in [0.717, 1.165) is 17.1 Å². The maximum absolute atomic E-state index is 12.5. The molecule has 33 heavy (non-hydrogen) atoms. The highest BCUT2D eigenvalue weighted by Gasteiger charge is 2.15. The number of allylic oxidation sites excluding steroid dienone is 1. The van der Waals surface area contributed by atoms with Gasteiger partial charge in [0.25, 0.3) is 0 Å². The average Bonchev–Trinajstić information content (AvgIpc) is 3.23. The van der Waals surface area contributed by atoms with Gasteiger partial charge in [-0.05, 0) is 43.3 Å². The molecule has 0 aliphatic rings. The number of carbonyl (C=O) groups excluding carboxylic acids is 1. The first kappa shape index (κ1) is 22.4. The van der Waals surface area contributed by atoms with E-state index in [1.165, 1.54) is 17.3 Å². The average molecular weight is 457 g/mol. The molecule has 7 heteroatoms. The second-order valence-electron chi connectivity index (χ2n) is 7.35. The lowest BCUT2D eigenvalue weighted by Crippen LogP contribution is -2.14. The number of anilines is 1. The summed E-state index contributed by atoms with van der Waals surface area (Å²) in [5, 5.41) is 12.2. The molecule has 0 saturated carbocycles. The topological polar surface area (TPSA) is 69.0 Å². The molecule has 0 aliphatic carbocycles. The zero-order chi connectivity index (χ0) is 23.0. The smallest absolute Gasteiger partial charge is 0.234 e. The van der Waals surface area contributed by atoms with Crippen molar-refractivity contribution in [2.24, 2.45) is 0 Å². The SMILES string of the molecule is C=CCn1c(SCC(=O)Nc2ccc(Oc3ccccc3)cc2)nnc1-c1ccc(C)cc1. The van der Waals surface area contributed by atoms with E-state index < -0.39 is 0 Å². The van der Waals surface area contributed by atoms with Gasteiger partial charge in [0.15, 0.2) is 11.0 Å². The number of hydrogen-bond acceptors (Lipinski definition) is 5. The van der Waals surface area contributed by atoms with Gasteiger partial charge < -0.3 is 10.1 Å². The number of nitrogens with zero attached hydrogens (tertiary/aromatic N) is 3. The summed E-state index contributed by atoms with van der Waals surface area (Å²) in [6.45, 7) is 6.44. The van der Waals surface area contributed by atoms with Crippen molar-refractivity contribution in [3.63, 3.8) is 0 Å². The summed E-state index contributed by atoms with van der Waals surface area (Å²) in [6.07, 6.45) is 1.80. The van der Waals surface area contributed by atoms with Crippen LogP contribution in [0.25, 0.3) is 11.4 Å². The van der Waals surface area contributed by atoms with Crippen LogP contribution in [0.2, 0.25) is 0 Å². The summed E-state index contributed by atoms with van der Waals surface area (Å²) in [5.74, 6) is 2.31. The zero-order valence-corrected chi connectivity index (χ0v) is 19.1. The Kier molecular flexibility index (Phi) is 7.22. The Morgan fingerprint density at radius 1 is 1.00 bits per heavy atom. The summed E-state index contributed by atoms with van der Waals surface area (Å²) in [7, 11) is 0. The number of carbonyl (C=O) groups is 1. The molecule has 0 radical (unpaired) electrons. The van der Waals surface area contributed by atoms with Gasteiger partial charge in [-0.3, -0.25) is 9.36 Å². The molecule has 6 nitrogen and oxygen atoms in total. The van der Waals surface area contributed by atoms with Crippen LogP contribution in [0.4, 0.5) is 5.69 Å². The molecule has 0 saturated heterocycles. The number of ether oxygens (including phenoxy) is 1. The third-order valence-electron chi connectivity index (χ3n) is 4.79. The first-order valence-corrected chi connectivity index (χ1v) is 11.5. The van der Waals surface area contributed by atoms with Crippen molar-refractivity contribution in [2.75, 3.05) is 11.1 Å². The van der Waals surface area contributed by atoms with Crippen LogP contribution in [0.15, 0.2) is 96.7 Å². The molecule has 1 N–H and O–H groups in total. The third kappa shape index (κ3) is 5.90. The Morgan fingerprint density at radius 2 is 1.70 bits per heavy atom. The van der Waals surface area contributed by atoms with Crippen molar-refractivity contribution >= 4 is 23.4 Å². The monoisotopic (exact) mass is 456 g/mol. The Morgan fingerprint density at radius 3 is 2.39 bits per heavy atom. The predicted molar refractivity (Wildman–Crippen MR) is 133 cm³/mol. The lowest BCUT2D eigenvalue weighted by molar-refractivity contribution is -0.113. The van der Waals surface area contributed by atoms with Gasteiger partial charge in [0.2, 0.25) is 5.91 Å². The molecular weight excluding hydrogens is 432 g/mol. The van der Waals surface area contributed by atoms with E-state index in [1.807, 2.05) is 90.4 Å². The van der Waals surface area contributed by atoms with Crippen LogP contribution in [-0.2, 0) is 11.3 Å². The molecule has 1 heterocycles. The molecule has 1 aromatic heterocycles. The van der Waals surface area contributed by atoms with E-state index in [9.17, 15) is 4.79 Å². The zero-order valence-electron chi connectivity index (χ0n) is 18.3. The number of amides is 1. The highest BCUT2D eigenvalue weighted by molar-refractivity contribution is 7.99. The fraction of sp³-hybridized carbons (Fsp3) is 0.115. The normalized spacial score (nSPS) is 10.6. The van der Waals surface area contributed by atoms with Gasteiger partial charge in [-0.2, -0.15) is 0 Å². The molecule has 166 valence electrons. The fourth-order valence-corrected chi connectivity index (χ4v) is 3.91. The van der Waals surface area contributed by atoms with Crippen LogP contribution in [0.5, 0.6) is 11.5 Å². The molecule has 0 bridgehead atoms. The van der Waals surface area contributed by atoms with Crippen molar-refractivity contribution in [3.05, 3.63) is 97.1 Å². The molecule has 0 unspecified atom stereocenters. The maximum Gasteiger partial charge on any atom is 0.234 e. The second kappa shape index (κ2) is 10.7. The van der Waals surface area contributed by atoms with E-state index in [0.29, 0.717) is 23.1 Å². The minimum atomic E-state index is -0.123. The highest BCUT2D eigenvalue weighted by atomic mass is 32.2. The van der Waals surface area contributed by atoms with Crippen LogP contribution in [0, 0.1) is 6.92 Å².